The van der Waals surface area contributed by atoms with Crippen molar-refractivity contribution in [3.05, 3.63) is 28.8 Å². The minimum atomic E-state index is -3.61. The zero-order chi connectivity index (χ0) is 15.3. The van der Waals surface area contributed by atoms with Gasteiger partial charge in [-0.3, -0.25) is 0 Å². The summed E-state index contributed by atoms with van der Waals surface area (Å²) >= 11 is 6.06. The molecule has 0 spiro atoms. The van der Waals surface area contributed by atoms with Crippen molar-refractivity contribution in [3.63, 3.8) is 0 Å². The van der Waals surface area contributed by atoms with Crippen molar-refractivity contribution in [2.45, 2.75) is 43.0 Å². The summed E-state index contributed by atoms with van der Waals surface area (Å²) in [5.41, 5.74) is 0.575. The van der Waals surface area contributed by atoms with Crippen LogP contribution < -0.4 is 4.72 Å². The van der Waals surface area contributed by atoms with E-state index in [4.69, 9.17) is 16.7 Å². The quantitative estimate of drug-likeness (QED) is 0.837. The summed E-state index contributed by atoms with van der Waals surface area (Å²) < 4.78 is 27.5. The normalized spacial score (nSPS) is 16.3. The fourth-order valence-corrected chi connectivity index (χ4v) is 4.29. The second kappa shape index (κ2) is 7.28. The van der Waals surface area contributed by atoms with E-state index in [9.17, 15) is 8.42 Å². The second-order valence-electron chi connectivity index (χ2n) is 5.06. The van der Waals surface area contributed by atoms with Crippen molar-refractivity contribution in [1.82, 2.24) is 4.72 Å². The standard InChI is InChI=1S/C15H18ClNO3S/c16-14-11-12(5-4-10-18)8-9-15(14)21(19,20)17-13-6-2-1-3-7-13/h8-9,11,13,17-18H,1-3,6-7,10H2. The number of halogens is 1. The van der Waals surface area contributed by atoms with Crippen LogP contribution in [0.3, 0.4) is 0 Å². The molecule has 0 unspecified atom stereocenters. The molecule has 0 bridgehead atoms. The highest BCUT2D eigenvalue weighted by Crippen LogP contribution is 2.25. The molecule has 2 N–H and O–H groups in total. The van der Waals surface area contributed by atoms with Gasteiger partial charge in [-0.25, -0.2) is 13.1 Å². The van der Waals surface area contributed by atoms with Crippen molar-refractivity contribution in [3.8, 4) is 11.8 Å². The molecule has 0 aliphatic heterocycles. The lowest BCUT2D eigenvalue weighted by atomic mass is 9.96. The van der Waals surface area contributed by atoms with E-state index in [0.717, 1.165) is 32.1 Å². The molecule has 0 aromatic heterocycles. The minimum Gasteiger partial charge on any atom is -0.384 e. The third-order valence-electron chi connectivity index (χ3n) is 3.46. The zero-order valence-corrected chi connectivity index (χ0v) is 13.2. The molecule has 6 heteroatoms. The van der Waals surface area contributed by atoms with E-state index in [2.05, 4.69) is 16.6 Å². The van der Waals surface area contributed by atoms with Crippen LogP contribution in [0.5, 0.6) is 0 Å². The molecule has 1 aromatic rings. The summed E-state index contributed by atoms with van der Waals surface area (Å²) in [7, 11) is -3.61. The smallest absolute Gasteiger partial charge is 0.242 e. The van der Waals surface area contributed by atoms with Crippen LogP contribution in [0, 0.1) is 11.8 Å². The molecule has 0 atom stereocenters. The minimum absolute atomic E-state index is 0.00586. The first-order valence-electron chi connectivity index (χ1n) is 6.94. The van der Waals surface area contributed by atoms with Crippen molar-refractivity contribution in [1.29, 1.82) is 0 Å². The summed E-state index contributed by atoms with van der Waals surface area (Å²) in [6.07, 6.45) is 5.01. The Morgan fingerprint density at radius 2 is 2.00 bits per heavy atom. The summed E-state index contributed by atoms with van der Waals surface area (Å²) in [4.78, 5) is 0.0734. The maximum absolute atomic E-state index is 12.4. The van der Waals surface area contributed by atoms with Crippen molar-refractivity contribution in [2.24, 2.45) is 0 Å². The molecule has 0 heterocycles. The Hall–Kier alpha value is -1.06. The van der Waals surface area contributed by atoms with Crippen molar-refractivity contribution in [2.75, 3.05) is 6.61 Å². The van der Waals surface area contributed by atoms with Crippen LogP contribution in [0.15, 0.2) is 23.1 Å². The van der Waals surface area contributed by atoms with E-state index in [1.165, 1.54) is 12.1 Å². The maximum atomic E-state index is 12.4. The average Bonchev–Trinajstić information content (AvgIpc) is 2.45. The molecule has 1 saturated carbocycles. The van der Waals surface area contributed by atoms with Gasteiger partial charge in [0.05, 0.1) is 5.02 Å². The fraction of sp³-hybridized carbons (Fsp3) is 0.467. The highest BCUT2D eigenvalue weighted by molar-refractivity contribution is 7.89. The van der Waals surface area contributed by atoms with Gasteiger partial charge in [0.2, 0.25) is 10.0 Å². The molecule has 1 fully saturated rings. The van der Waals surface area contributed by atoms with Crippen LogP contribution in [0.2, 0.25) is 5.02 Å². The van der Waals surface area contributed by atoms with E-state index in [1.807, 2.05) is 0 Å². The second-order valence-corrected chi connectivity index (χ2v) is 7.15. The van der Waals surface area contributed by atoms with E-state index in [1.54, 1.807) is 6.07 Å². The molecule has 0 radical (unpaired) electrons. The van der Waals surface area contributed by atoms with Gasteiger partial charge in [0.15, 0.2) is 0 Å². The van der Waals surface area contributed by atoms with Gasteiger partial charge in [-0.15, -0.1) is 0 Å². The maximum Gasteiger partial charge on any atom is 0.242 e. The topological polar surface area (TPSA) is 66.4 Å². The lowest BCUT2D eigenvalue weighted by Gasteiger charge is -2.22. The first-order valence-corrected chi connectivity index (χ1v) is 8.80. The predicted molar refractivity (Wildman–Crippen MR) is 82.6 cm³/mol. The Balaban J connectivity index is 2.19. The molecular formula is C15H18ClNO3S. The van der Waals surface area contributed by atoms with E-state index in [0.29, 0.717) is 5.56 Å². The van der Waals surface area contributed by atoms with Crippen molar-refractivity contribution >= 4 is 21.6 Å². The predicted octanol–water partition coefficient (Wildman–Crippen LogP) is 2.29. The Morgan fingerprint density at radius 1 is 1.29 bits per heavy atom. The lowest BCUT2D eigenvalue weighted by Crippen LogP contribution is -2.36. The van der Waals surface area contributed by atoms with Crippen LogP contribution in [0.4, 0.5) is 0 Å². The van der Waals surface area contributed by atoms with E-state index in [-0.39, 0.29) is 22.6 Å². The number of aliphatic hydroxyl groups is 1. The monoisotopic (exact) mass is 327 g/mol. The van der Waals surface area contributed by atoms with Gasteiger partial charge in [0, 0.05) is 11.6 Å². The summed E-state index contributed by atoms with van der Waals surface area (Å²) in [6, 6.07) is 4.53. The number of hydrogen-bond acceptors (Lipinski definition) is 3. The van der Waals surface area contributed by atoms with Crippen LogP contribution in [-0.2, 0) is 10.0 Å². The number of nitrogens with one attached hydrogen (secondary N) is 1. The Bertz CT molecular complexity index is 655. The van der Waals surface area contributed by atoms with Gasteiger partial charge in [0.25, 0.3) is 0 Å². The largest absolute Gasteiger partial charge is 0.384 e. The van der Waals surface area contributed by atoms with Gasteiger partial charge in [-0.2, -0.15) is 0 Å². The van der Waals surface area contributed by atoms with Crippen LogP contribution in [-0.4, -0.2) is 26.2 Å². The number of aliphatic hydroxyl groups excluding tert-OH is 1. The SMILES string of the molecule is O=S(=O)(NC1CCCCC1)c1ccc(C#CCO)cc1Cl. The van der Waals surface area contributed by atoms with E-state index >= 15 is 0 Å². The number of benzene rings is 1. The van der Waals surface area contributed by atoms with Crippen LogP contribution in [0.1, 0.15) is 37.7 Å². The third-order valence-corrected chi connectivity index (χ3v) is 5.46. The Kier molecular flexibility index (Phi) is 5.65. The average molecular weight is 328 g/mol. The van der Waals surface area contributed by atoms with Crippen LogP contribution in [0.25, 0.3) is 0 Å². The van der Waals surface area contributed by atoms with Gasteiger partial charge in [-0.05, 0) is 31.0 Å². The molecule has 1 aliphatic rings. The van der Waals surface area contributed by atoms with Crippen LogP contribution >= 0.6 is 11.6 Å². The summed E-state index contributed by atoms with van der Waals surface area (Å²) in [5.74, 6) is 5.19. The molecule has 0 amide bonds. The van der Waals surface area contributed by atoms with Gasteiger partial charge >= 0.3 is 0 Å². The summed E-state index contributed by atoms with van der Waals surface area (Å²) in [5, 5.41) is 8.79. The highest BCUT2D eigenvalue weighted by Gasteiger charge is 2.23. The first-order chi connectivity index (χ1) is 10.0. The number of hydrogen-bond donors (Lipinski definition) is 2. The molecule has 1 aliphatic carbocycles. The van der Waals surface area contributed by atoms with E-state index < -0.39 is 10.0 Å². The molecule has 2 rings (SSSR count). The molecule has 114 valence electrons. The third kappa shape index (κ3) is 4.45. The lowest BCUT2D eigenvalue weighted by molar-refractivity contribution is 0.350. The number of rotatable bonds is 3. The summed E-state index contributed by atoms with van der Waals surface area (Å²) in [6.45, 7) is -0.249. The van der Waals surface area contributed by atoms with Gasteiger partial charge in [0.1, 0.15) is 11.5 Å². The molecular weight excluding hydrogens is 310 g/mol. The number of sulfonamides is 1. The Morgan fingerprint density at radius 3 is 2.62 bits per heavy atom. The fourth-order valence-electron chi connectivity index (χ4n) is 2.44. The van der Waals surface area contributed by atoms with Crippen molar-refractivity contribution < 1.29 is 13.5 Å². The molecule has 1 aromatic carbocycles. The zero-order valence-electron chi connectivity index (χ0n) is 11.6. The molecule has 21 heavy (non-hydrogen) atoms. The molecule has 0 saturated heterocycles. The first kappa shape index (κ1) is 16.3. The highest BCUT2D eigenvalue weighted by atomic mass is 35.5. The van der Waals surface area contributed by atoms with Gasteiger partial charge < -0.3 is 5.11 Å². The molecule has 4 nitrogen and oxygen atoms in total. The Labute approximate surface area is 130 Å². The van der Waals surface area contributed by atoms with Gasteiger partial charge in [-0.1, -0.05) is 42.7 Å².